The van der Waals surface area contributed by atoms with E-state index >= 15 is 0 Å². The molecule has 3 heteroatoms. The van der Waals surface area contributed by atoms with Gasteiger partial charge in [0.1, 0.15) is 12.4 Å². The molecule has 0 fully saturated rings. The van der Waals surface area contributed by atoms with E-state index in [9.17, 15) is 0 Å². The van der Waals surface area contributed by atoms with Crippen molar-refractivity contribution in [2.75, 3.05) is 26.4 Å². The molecule has 0 radical (unpaired) electrons. The van der Waals surface area contributed by atoms with Gasteiger partial charge in [-0.3, -0.25) is 0 Å². The van der Waals surface area contributed by atoms with Crippen LogP contribution in [0.1, 0.15) is 5.56 Å². The van der Waals surface area contributed by atoms with Gasteiger partial charge in [-0.2, -0.15) is 0 Å². The molecular weight excluding hydrogens is 176 g/mol. The first-order valence-electron chi connectivity index (χ1n) is 4.85. The van der Waals surface area contributed by atoms with Gasteiger partial charge in [-0.1, -0.05) is 12.1 Å². The first kappa shape index (κ1) is 9.34. The summed E-state index contributed by atoms with van der Waals surface area (Å²) in [6, 6.07) is 6.41. The average Bonchev–Trinajstić information content (AvgIpc) is 2.17. The quantitative estimate of drug-likeness (QED) is 0.678. The zero-order valence-corrected chi connectivity index (χ0v) is 8.66. The maximum Gasteiger partial charge on any atom is 0.145 e. The maximum atomic E-state index is 5.82. The fraction of sp³-hybridized carbons (Fsp3) is 0.455. The van der Waals surface area contributed by atoms with Crippen LogP contribution >= 0.6 is 0 Å². The van der Waals surface area contributed by atoms with Crippen molar-refractivity contribution in [3.8, 4) is 5.75 Å². The van der Waals surface area contributed by atoms with Gasteiger partial charge in [0.05, 0.1) is 5.69 Å². The van der Waals surface area contributed by atoms with Crippen molar-refractivity contribution in [3.63, 3.8) is 0 Å². The highest BCUT2D eigenvalue weighted by Crippen LogP contribution is 2.31. The van der Waals surface area contributed by atoms with Gasteiger partial charge < -0.3 is 15.4 Å². The highest BCUT2D eigenvalue weighted by Gasteiger charge is 2.22. The van der Waals surface area contributed by atoms with Crippen LogP contribution in [0.5, 0.6) is 5.75 Å². The van der Waals surface area contributed by atoms with E-state index in [2.05, 4.69) is 25.1 Å². The van der Waals surface area contributed by atoms with Crippen LogP contribution in [0.15, 0.2) is 18.2 Å². The van der Waals surface area contributed by atoms with Crippen LogP contribution in [-0.4, -0.2) is 31.6 Å². The standard InChI is InChI=1S/C11H16N2O/c1-13(2)9-6-8-4-3-5-10(12)11(8)14-7-9/h3-5,9H,6-7,12H2,1-2H3. The zero-order chi connectivity index (χ0) is 10.1. The third-order valence-corrected chi connectivity index (χ3v) is 2.73. The van der Waals surface area contributed by atoms with Crippen molar-refractivity contribution in [1.82, 2.24) is 4.90 Å². The van der Waals surface area contributed by atoms with Crippen LogP contribution in [0.3, 0.4) is 0 Å². The fourth-order valence-electron chi connectivity index (χ4n) is 1.77. The molecule has 0 bridgehead atoms. The Kier molecular flexibility index (Phi) is 2.33. The molecule has 1 aromatic rings. The normalized spacial score (nSPS) is 20.4. The summed E-state index contributed by atoms with van der Waals surface area (Å²) in [5, 5.41) is 0. The molecule has 14 heavy (non-hydrogen) atoms. The predicted molar refractivity (Wildman–Crippen MR) is 57.5 cm³/mol. The Bertz CT molecular complexity index is 336. The SMILES string of the molecule is CN(C)C1COc2c(N)cccc2C1. The summed E-state index contributed by atoms with van der Waals surface area (Å²) in [7, 11) is 4.15. The molecule has 3 nitrogen and oxygen atoms in total. The summed E-state index contributed by atoms with van der Waals surface area (Å²) in [6.07, 6.45) is 1.02. The van der Waals surface area contributed by atoms with E-state index in [4.69, 9.17) is 10.5 Å². The van der Waals surface area contributed by atoms with Crippen LogP contribution in [-0.2, 0) is 6.42 Å². The minimum Gasteiger partial charge on any atom is -0.489 e. The number of hydrogen-bond acceptors (Lipinski definition) is 3. The second kappa shape index (κ2) is 3.50. The van der Waals surface area contributed by atoms with Crippen LogP contribution in [0.25, 0.3) is 0 Å². The lowest BCUT2D eigenvalue weighted by atomic mass is 10.0. The number of anilines is 1. The summed E-state index contributed by atoms with van der Waals surface area (Å²) >= 11 is 0. The number of fused-ring (bicyclic) bond motifs is 1. The molecule has 1 aliphatic heterocycles. The van der Waals surface area contributed by atoms with Gasteiger partial charge in [-0.25, -0.2) is 0 Å². The van der Waals surface area contributed by atoms with E-state index < -0.39 is 0 Å². The molecule has 0 saturated heterocycles. The largest absolute Gasteiger partial charge is 0.489 e. The Labute approximate surface area is 84.5 Å². The van der Waals surface area contributed by atoms with Crippen LogP contribution in [0, 0.1) is 0 Å². The van der Waals surface area contributed by atoms with Crippen LogP contribution in [0.4, 0.5) is 5.69 Å². The Hall–Kier alpha value is -1.22. The fourth-order valence-corrected chi connectivity index (χ4v) is 1.77. The summed E-state index contributed by atoms with van der Waals surface area (Å²) < 4.78 is 5.66. The number of nitrogens with zero attached hydrogens (tertiary/aromatic N) is 1. The molecular formula is C11H16N2O. The summed E-state index contributed by atoms with van der Waals surface area (Å²) in [4.78, 5) is 2.19. The van der Waals surface area contributed by atoms with E-state index in [1.165, 1.54) is 5.56 Å². The molecule has 0 amide bonds. The van der Waals surface area contributed by atoms with Gasteiger partial charge in [-0.05, 0) is 32.1 Å². The van der Waals surface area contributed by atoms with E-state index in [1.807, 2.05) is 12.1 Å². The molecule has 76 valence electrons. The highest BCUT2D eigenvalue weighted by molar-refractivity contribution is 5.57. The van der Waals surface area contributed by atoms with E-state index in [1.54, 1.807) is 0 Å². The molecule has 1 aliphatic rings. The number of para-hydroxylation sites is 1. The number of likely N-dealkylation sites (N-methyl/N-ethyl adjacent to an activating group) is 1. The maximum absolute atomic E-state index is 5.82. The lowest BCUT2D eigenvalue weighted by Gasteiger charge is -2.30. The second-order valence-corrected chi connectivity index (χ2v) is 3.97. The van der Waals surface area contributed by atoms with E-state index in [-0.39, 0.29) is 0 Å². The molecule has 1 aromatic carbocycles. The average molecular weight is 192 g/mol. The van der Waals surface area contributed by atoms with Gasteiger partial charge in [0.25, 0.3) is 0 Å². The van der Waals surface area contributed by atoms with Gasteiger partial charge >= 0.3 is 0 Å². The summed E-state index contributed by atoms with van der Waals surface area (Å²) in [6.45, 7) is 0.730. The smallest absolute Gasteiger partial charge is 0.145 e. The number of nitrogens with two attached hydrogens (primary N) is 1. The summed E-state index contributed by atoms with van der Waals surface area (Å²) in [5.41, 5.74) is 7.79. The number of nitrogen functional groups attached to an aromatic ring is 1. The molecule has 1 unspecified atom stereocenters. The molecule has 1 atom stereocenters. The van der Waals surface area contributed by atoms with Crippen molar-refractivity contribution < 1.29 is 4.74 Å². The third-order valence-electron chi connectivity index (χ3n) is 2.73. The Balaban J connectivity index is 2.27. The molecule has 0 aromatic heterocycles. The van der Waals surface area contributed by atoms with Crippen molar-refractivity contribution in [3.05, 3.63) is 23.8 Å². The topological polar surface area (TPSA) is 38.5 Å². The second-order valence-electron chi connectivity index (χ2n) is 3.97. The minimum atomic E-state index is 0.462. The Morgan fingerprint density at radius 2 is 2.21 bits per heavy atom. The predicted octanol–water partition coefficient (Wildman–Crippen LogP) is 1.13. The van der Waals surface area contributed by atoms with Crippen LogP contribution < -0.4 is 10.5 Å². The first-order valence-corrected chi connectivity index (χ1v) is 4.85. The Morgan fingerprint density at radius 1 is 1.43 bits per heavy atom. The monoisotopic (exact) mass is 192 g/mol. The Morgan fingerprint density at radius 3 is 2.93 bits per heavy atom. The van der Waals surface area contributed by atoms with Crippen LogP contribution in [0.2, 0.25) is 0 Å². The van der Waals surface area contributed by atoms with Gasteiger partial charge in [0.2, 0.25) is 0 Å². The number of hydrogen-bond donors (Lipinski definition) is 1. The first-order chi connectivity index (χ1) is 6.68. The van der Waals surface area contributed by atoms with E-state index in [0.717, 1.165) is 24.5 Å². The molecule has 0 saturated carbocycles. The number of ether oxygens (including phenoxy) is 1. The van der Waals surface area contributed by atoms with Gasteiger partial charge in [0, 0.05) is 6.04 Å². The molecule has 0 aliphatic carbocycles. The van der Waals surface area contributed by atoms with Gasteiger partial charge in [0.15, 0.2) is 0 Å². The number of rotatable bonds is 1. The lowest BCUT2D eigenvalue weighted by Crippen LogP contribution is -2.38. The van der Waals surface area contributed by atoms with Crippen molar-refractivity contribution in [1.29, 1.82) is 0 Å². The van der Waals surface area contributed by atoms with Crippen molar-refractivity contribution in [2.24, 2.45) is 0 Å². The third kappa shape index (κ3) is 1.55. The zero-order valence-electron chi connectivity index (χ0n) is 8.66. The van der Waals surface area contributed by atoms with Gasteiger partial charge in [-0.15, -0.1) is 0 Å². The molecule has 1 heterocycles. The van der Waals surface area contributed by atoms with Crippen molar-refractivity contribution in [2.45, 2.75) is 12.5 Å². The van der Waals surface area contributed by atoms with Crippen molar-refractivity contribution >= 4 is 5.69 Å². The molecule has 2 N–H and O–H groups in total. The lowest BCUT2D eigenvalue weighted by molar-refractivity contribution is 0.166. The number of benzene rings is 1. The van der Waals surface area contributed by atoms with E-state index in [0.29, 0.717) is 6.04 Å². The highest BCUT2D eigenvalue weighted by atomic mass is 16.5. The summed E-state index contributed by atoms with van der Waals surface area (Å²) in [5.74, 6) is 0.880. The minimum absolute atomic E-state index is 0.462. The molecule has 2 rings (SSSR count). The molecule has 0 spiro atoms.